The first kappa shape index (κ1) is 12.4. The molecule has 0 radical (unpaired) electrons. The molecule has 2 aromatic heterocycles. The molecule has 2 nitrogen and oxygen atoms in total. The quantitative estimate of drug-likeness (QED) is 0.718. The van der Waals surface area contributed by atoms with Crippen LogP contribution in [0.4, 0.5) is 4.39 Å². The molecule has 1 aromatic carbocycles. The molecule has 0 fully saturated rings. The lowest BCUT2D eigenvalue weighted by atomic mass is 10.1. The van der Waals surface area contributed by atoms with Crippen molar-refractivity contribution in [2.75, 3.05) is 0 Å². The van der Waals surface area contributed by atoms with Gasteiger partial charge >= 0.3 is 0 Å². The predicted octanol–water partition coefficient (Wildman–Crippen LogP) is 4.30. The van der Waals surface area contributed by atoms with Crippen molar-refractivity contribution in [3.8, 4) is 11.3 Å². The van der Waals surface area contributed by atoms with Crippen molar-refractivity contribution < 1.29 is 4.39 Å². The van der Waals surface area contributed by atoms with Gasteiger partial charge in [-0.25, -0.2) is 14.4 Å². The van der Waals surface area contributed by atoms with Crippen LogP contribution in [-0.4, -0.2) is 9.97 Å². The van der Waals surface area contributed by atoms with Crippen LogP contribution in [0, 0.1) is 12.7 Å². The summed E-state index contributed by atoms with van der Waals surface area (Å²) >= 11 is 3.18. The molecule has 96 valence electrons. The van der Waals surface area contributed by atoms with E-state index in [-0.39, 0.29) is 5.82 Å². The number of benzene rings is 1. The normalized spacial score (nSPS) is 10.8. The van der Waals surface area contributed by atoms with Crippen LogP contribution in [0.25, 0.3) is 11.3 Å². The molecule has 3 rings (SSSR count). The minimum atomic E-state index is -0.232. The monoisotopic (exact) mass is 290 g/mol. The molecule has 5 heteroatoms. The average Bonchev–Trinajstić information content (AvgIpc) is 3.00. The lowest BCUT2D eigenvalue weighted by Gasteiger charge is -1.97. The Bertz CT molecular complexity index is 703. The highest BCUT2D eigenvalue weighted by atomic mass is 32.1. The molecule has 0 N–H and O–H groups in total. The molecular weight excluding hydrogens is 279 g/mol. The van der Waals surface area contributed by atoms with Crippen LogP contribution in [0.2, 0.25) is 0 Å². The van der Waals surface area contributed by atoms with Crippen LogP contribution in [-0.2, 0) is 6.42 Å². The molecule has 0 saturated heterocycles. The predicted molar refractivity (Wildman–Crippen MR) is 77.2 cm³/mol. The average molecular weight is 290 g/mol. The largest absolute Gasteiger partial charge is 0.246 e. The third kappa shape index (κ3) is 2.72. The summed E-state index contributed by atoms with van der Waals surface area (Å²) in [5, 5.41) is 5.94. The summed E-state index contributed by atoms with van der Waals surface area (Å²) < 4.78 is 13.7. The van der Waals surface area contributed by atoms with Gasteiger partial charge in [0, 0.05) is 22.0 Å². The van der Waals surface area contributed by atoms with Gasteiger partial charge in [0.1, 0.15) is 10.8 Å². The lowest BCUT2D eigenvalue weighted by molar-refractivity contribution is 0.631. The van der Waals surface area contributed by atoms with Crippen molar-refractivity contribution in [3.05, 3.63) is 56.6 Å². The van der Waals surface area contributed by atoms with Gasteiger partial charge in [-0.2, -0.15) is 0 Å². The Labute approximate surface area is 118 Å². The van der Waals surface area contributed by atoms with E-state index in [4.69, 9.17) is 0 Å². The smallest absolute Gasteiger partial charge is 0.132 e. The SMILES string of the molecule is Cc1csc(Cc2nc(-c3ccccc3F)cs2)n1. The molecule has 0 atom stereocenters. The molecule has 0 aliphatic heterocycles. The van der Waals surface area contributed by atoms with Crippen molar-refractivity contribution in [2.24, 2.45) is 0 Å². The van der Waals surface area contributed by atoms with Gasteiger partial charge in [0.15, 0.2) is 0 Å². The van der Waals surface area contributed by atoms with Gasteiger partial charge in [-0.05, 0) is 19.1 Å². The zero-order valence-electron chi connectivity index (χ0n) is 10.3. The van der Waals surface area contributed by atoms with Gasteiger partial charge in [-0.15, -0.1) is 22.7 Å². The van der Waals surface area contributed by atoms with E-state index in [0.717, 1.165) is 22.1 Å². The number of hydrogen-bond acceptors (Lipinski definition) is 4. The molecule has 19 heavy (non-hydrogen) atoms. The molecule has 0 saturated carbocycles. The van der Waals surface area contributed by atoms with Gasteiger partial charge in [-0.1, -0.05) is 12.1 Å². The Hall–Kier alpha value is -1.59. The number of aromatic nitrogens is 2. The van der Waals surface area contributed by atoms with Gasteiger partial charge in [-0.3, -0.25) is 0 Å². The number of halogens is 1. The first-order valence-corrected chi connectivity index (χ1v) is 7.58. The van der Waals surface area contributed by atoms with Gasteiger partial charge in [0.25, 0.3) is 0 Å². The van der Waals surface area contributed by atoms with Crippen molar-refractivity contribution in [1.29, 1.82) is 0 Å². The van der Waals surface area contributed by atoms with E-state index in [2.05, 4.69) is 9.97 Å². The highest BCUT2D eigenvalue weighted by Gasteiger charge is 2.10. The number of nitrogens with zero attached hydrogens (tertiary/aromatic N) is 2. The van der Waals surface area contributed by atoms with Gasteiger partial charge in [0.05, 0.1) is 17.1 Å². The summed E-state index contributed by atoms with van der Waals surface area (Å²) in [6.07, 6.45) is 0.720. The number of thiazole rings is 2. The van der Waals surface area contributed by atoms with E-state index in [1.807, 2.05) is 23.8 Å². The van der Waals surface area contributed by atoms with Crippen molar-refractivity contribution in [1.82, 2.24) is 9.97 Å². The van der Waals surface area contributed by atoms with Crippen molar-refractivity contribution in [2.45, 2.75) is 13.3 Å². The maximum Gasteiger partial charge on any atom is 0.132 e. The number of rotatable bonds is 3. The van der Waals surface area contributed by atoms with Crippen LogP contribution in [0.3, 0.4) is 0 Å². The van der Waals surface area contributed by atoms with Crippen LogP contribution in [0.1, 0.15) is 15.7 Å². The number of hydrogen-bond donors (Lipinski definition) is 0. The van der Waals surface area contributed by atoms with Crippen LogP contribution >= 0.6 is 22.7 Å². The van der Waals surface area contributed by atoms with Crippen molar-refractivity contribution in [3.63, 3.8) is 0 Å². The fourth-order valence-electron chi connectivity index (χ4n) is 1.80. The van der Waals surface area contributed by atoms with E-state index in [1.54, 1.807) is 34.8 Å². The molecule has 0 aliphatic rings. The standard InChI is InChI=1S/C14H11FN2S2/c1-9-7-18-13(16-9)6-14-17-12(8-19-14)10-4-2-3-5-11(10)15/h2-5,7-8H,6H2,1H3. The Morgan fingerprint density at radius 1 is 1.05 bits per heavy atom. The molecule has 2 heterocycles. The van der Waals surface area contributed by atoms with E-state index in [0.29, 0.717) is 11.3 Å². The summed E-state index contributed by atoms with van der Waals surface area (Å²) in [7, 11) is 0. The summed E-state index contributed by atoms with van der Waals surface area (Å²) in [4.78, 5) is 8.91. The Morgan fingerprint density at radius 3 is 2.53 bits per heavy atom. The second kappa shape index (κ2) is 5.19. The van der Waals surface area contributed by atoms with Gasteiger partial charge in [0.2, 0.25) is 0 Å². The fraction of sp³-hybridized carbons (Fsp3) is 0.143. The first-order chi connectivity index (χ1) is 9.22. The second-order valence-electron chi connectivity index (χ2n) is 4.17. The second-order valence-corrected chi connectivity index (χ2v) is 6.05. The molecule has 0 unspecified atom stereocenters. The summed E-state index contributed by atoms with van der Waals surface area (Å²) in [5.41, 5.74) is 2.29. The zero-order valence-corrected chi connectivity index (χ0v) is 11.9. The van der Waals surface area contributed by atoms with E-state index in [1.165, 1.54) is 6.07 Å². The number of aryl methyl sites for hydroxylation is 1. The van der Waals surface area contributed by atoms with E-state index >= 15 is 0 Å². The van der Waals surface area contributed by atoms with Crippen molar-refractivity contribution >= 4 is 22.7 Å². The highest BCUT2D eigenvalue weighted by molar-refractivity contribution is 7.11. The van der Waals surface area contributed by atoms with E-state index < -0.39 is 0 Å². The third-order valence-corrected chi connectivity index (χ3v) is 4.49. The highest BCUT2D eigenvalue weighted by Crippen LogP contribution is 2.26. The maximum atomic E-state index is 13.7. The Balaban J connectivity index is 1.86. The Morgan fingerprint density at radius 2 is 1.79 bits per heavy atom. The molecule has 0 aliphatic carbocycles. The summed E-state index contributed by atoms with van der Waals surface area (Å²) in [6, 6.07) is 6.71. The maximum absolute atomic E-state index is 13.7. The van der Waals surface area contributed by atoms with Gasteiger partial charge < -0.3 is 0 Å². The molecule has 3 aromatic rings. The minimum Gasteiger partial charge on any atom is -0.246 e. The molecular formula is C14H11FN2S2. The zero-order chi connectivity index (χ0) is 13.2. The Kier molecular flexibility index (Phi) is 3.40. The van der Waals surface area contributed by atoms with Crippen LogP contribution < -0.4 is 0 Å². The third-order valence-electron chi connectivity index (χ3n) is 2.67. The van der Waals surface area contributed by atoms with Crippen LogP contribution in [0.15, 0.2) is 35.0 Å². The van der Waals surface area contributed by atoms with E-state index in [9.17, 15) is 4.39 Å². The summed E-state index contributed by atoms with van der Waals surface area (Å²) in [6.45, 7) is 1.98. The summed E-state index contributed by atoms with van der Waals surface area (Å²) in [5.74, 6) is -0.232. The topological polar surface area (TPSA) is 25.8 Å². The first-order valence-electron chi connectivity index (χ1n) is 5.82. The minimum absolute atomic E-state index is 0.232. The molecule has 0 spiro atoms. The van der Waals surface area contributed by atoms with Crippen LogP contribution in [0.5, 0.6) is 0 Å². The fourth-order valence-corrected chi connectivity index (χ4v) is 3.46. The molecule has 0 bridgehead atoms. The molecule has 0 amide bonds. The lowest BCUT2D eigenvalue weighted by Crippen LogP contribution is -1.88.